The molecule has 0 aliphatic carbocycles. The summed E-state index contributed by atoms with van der Waals surface area (Å²) in [5.74, 6) is -0.852. The summed E-state index contributed by atoms with van der Waals surface area (Å²) >= 11 is 5.47. The number of nitrogens with zero attached hydrogens (tertiary/aromatic N) is 3. The van der Waals surface area contributed by atoms with Crippen LogP contribution in [0.15, 0.2) is 17.3 Å². The van der Waals surface area contributed by atoms with E-state index < -0.39 is 5.97 Å². The lowest BCUT2D eigenvalue weighted by Gasteiger charge is -1.93. The largest absolute Gasteiger partial charge is 0.477 e. The fourth-order valence-electron chi connectivity index (χ4n) is 0.608. The van der Waals surface area contributed by atoms with Crippen LogP contribution in [0.1, 0.15) is 6.92 Å². The number of halogens is 1. The Hall–Kier alpha value is -1.49. The number of carboxylic acids is 1. The van der Waals surface area contributed by atoms with Gasteiger partial charge in [0.1, 0.15) is 5.71 Å². The van der Waals surface area contributed by atoms with E-state index in [1.165, 1.54) is 19.2 Å². The van der Waals surface area contributed by atoms with E-state index in [1.54, 1.807) is 0 Å². The molecule has 0 saturated carbocycles. The molecule has 1 aromatic rings. The topological polar surface area (TPSA) is 75.4 Å². The van der Waals surface area contributed by atoms with Crippen LogP contribution in [0.25, 0.3) is 0 Å². The number of hydrogen-bond donors (Lipinski definition) is 1. The van der Waals surface area contributed by atoms with Crippen LogP contribution in [0.2, 0.25) is 5.28 Å². The van der Waals surface area contributed by atoms with Crippen molar-refractivity contribution in [3.05, 3.63) is 17.5 Å². The van der Waals surface area contributed by atoms with Crippen LogP contribution in [0.3, 0.4) is 0 Å². The van der Waals surface area contributed by atoms with Gasteiger partial charge in [-0.25, -0.2) is 14.8 Å². The van der Waals surface area contributed by atoms with Crippen LogP contribution in [0.5, 0.6) is 0 Å². The first-order valence-electron chi connectivity index (χ1n) is 3.36. The number of rotatable bonds is 2. The molecule has 0 fully saturated rings. The number of aliphatic imine (C=N–C) groups is 1. The van der Waals surface area contributed by atoms with E-state index in [0.717, 1.165) is 0 Å². The van der Waals surface area contributed by atoms with E-state index in [2.05, 4.69) is 15.0 Å². The van der Waals surface area contributed by atoms with Crippen molar-refractivity contribution in [2.45, 2.75) is 6.92 Å². The van der Waals surface area contributed by atoms with E-state index in [0.29, 0.717) is 0 Å². The molecule has 6 heteroatoms. The third-order valence-corrected chi connectivity index (χ3v) is 1.39. The predicted molar refractivity (Wildman–Crippen MR) is 47.4 cm³/mol. The van der Waals surface area contributed by atoms with E-state index in [4.69, 9.17) is 16.7 Å². The second-order valence-corrected chi connectivity index (χ2v) is 2.52. The Balaban J connectivity index is 2.97. The lowest BCUT2D eigenvalue weighted by molar-refractivity contribution is -0.129. The molecule has 0 aliphatic heterocycles. The Morgan fingerprint density at radius 1 is 1.69 bits per heavy atom. The molecule has 0 spiro atoms. The standard InChI is InChI=1S/C7H6ClN3O2/c1-4(6(12)13)10-5-2-3-9-7(8)11-5/h2-3H,1H3,(H,12,13)/b10-4+. The first kappa shape index (κ1) is 9.60. The maximum Gasteiger partial charge on any atom is 0.350 e. The van der Waals surface area contributed by atoms with Crippen LogP contribution in [0.4, 0.5) is 5.82 Å². The summed E-state index contributed by atoms with van der Waals surface area (Å²) in [6.45, 7) is 1.37. The first-order chi connectivity index (χ1) is 6.09. The van der Waals surface area contributed by atoms with Crippen molar-refractivity contribution in [2.24, 2.45) is 4.99 Å². The maximum absolute atomic E-state index is 10.4. The molecule has 0 bridgehead atoms. The molecule has 0 unspecified atom stereocenters. The molecule has 0 radical (unpaired) electrons. The summed E-state index contributed by atoms with van der Waals surface area (Å²) in [4.78, 5) is 21.4. The Labute approximate surface area is 79.1 Å². The molecular formula is C7H6ClN3O2. The molecule has 1 N–H and O–H groups in total. The fraction of sp³-hybridized carbons (Fsp3) is 0.143. The van der Waals surface area contributed by atoms with Crippen LogP contribution < -0.4 is 0 Å². The molecule has 1 aromatic heterocycles. The van der Waals surface area contributed by atoms with E-state index in [9.17, 15) is 4.79 Å². The van der Waals surface area contributed by atoms with E-state index >= 15 is 0 Å². The van der Waals surface area contributed by atoms with Gasteiger partial charge in [-0.05, 0) is 18.5 Å². The highest BCUT2D eigenvalue weighted by Gasteiger charge is 2.02. The Kier molecular flexibility index (Phi) is 2.92. The molecule has 5 nitrogen and oxygen atoms in total. The molecule has 13 heavy (non-hydrogen) atoms. The average molecular weight is 200 g/mol. The molecule has 0 aliphatic rings. The van der Waals surface area contributed by atoms with Gasteiger partial charge in [0.15, 0.2) is 5.82 Å². The number of aromatic nitrogens is 2. The minimum absolute atomic E-state index is 0.0411. The van der Waals surface area contributed by atoms with Crippen molar-refractivity contribution in [3.8, 4) is 0 Å². The number of carboxylic acid groups (broad SMARTS) is 1. The zero-order valence-corrected chi connectivity index (χ0v) is 7.49. The quantitative estimate of drug-likeness (QED) is 0.576. The summed E-state index contributed by atoms with van der Waals surface area (Å²) < 4.78 is 0. The molecule has 68 valence electrons. The van der Waals surface area contributed by atoms with Crippen LogP contribution in [-0.2, 0) is 4.79 Å². The van der Waals surface area contributed by atoms with Gasteiger partial charge in [0.2, 0.25) is 5.28 Å². The zero-order valence-electron chi connectivity index (χ0n) is 6.73. The van der Waals surface area contributed by atoms with Crippen LogP contribution in [-0.4, -0.2) is 26.8 Å². The van der Waals surface area contributed by atoms with Crippen molar-refractivity contribution in [1.82, 2.24) is 9.97 Å². The van der Waals surface area contributed by atoms with Crippen molar-refractivity contribution < 1.29 is 9.90 Å². The van der Waals surface area contributed by atoms with Crippen LogP contribution in [0, 0.1) is 0 Å². The molecule has 1 rings (SSSR count). The van der Waals surface area contributed by atoms with Gasteiger partial charge in [-0.15, -0.1) is 0 Å². The summed E-state index contributed by atoms with van der Waals surface area (Å²) in [5.41, 5.74) is -0.0465. The summed E-state index contributed by atoms with van der Waals surface area (Å²) in [6, 6.07) is 1.47. The van der Waals surface area contributed by atoms with Gasteiger partial charge in [-0.1, -0.05) is 0 Å². The van der Waals surface area contributed by atoms with Gasteiger partial charge in [0, 0.05) is 12.3 Å². The SMILES string of the molecule is C/C(=N\c1ccnc(Cl)n1)C(=O)O. The molecule has 0 amide bonds. The molecule has 0 saturated heterocycles. The summed E-state index contributed by atoms with van der Waals surface area (Å²) in [7, 11) is 0. The summed E-state index contributed by atoms with van der Waals surface area (Å²) in [5, 5.41) is 8.55. The number of aliphatic carboxylic acids is 1. The van der Waals surface area contributed by atoms with Gasteiger partial charge in [0.25, 0.3) is 0 Å². The van der Waals surface area contributed by atoms with Crippen molar-refractivity contribution in [1.29, 1.82) is 0 Å². The highest BCUT2D eigenvalue weighted by Crippen LogP contribution is 2.09. The molecule has 1 heterocycles. The van der Waals surface area contributed by atoms with Gasteiger partial charge < -0.3 is 5.11 Å². The smallest absolute Gasteiger partial charge is 0.350 e. The predicted octanol–water partition coefficient (Wildman–Crippen LogP) is 1.31. The molecule has 0 atom stereocenters. The van der Waals surface area contributed by atoms with E-state index in [1.807, 2.05) is 0 Å². The lowest BCUT2D eigenvalue weighted by atomic mass is 10.4. The monoisotopic (exact) mass is 199 g/mol. The zero-order chi connectivity index (χ0) is 9.84. The fourth-order valence-corrected chi connectivity index (χ4v) is 0.751. The highest BCUT2D eigenvalue weighted by atomic mass is 35.5. The summed E-state index contributed by atoms with van der Waals surface area (Å²) in [6.07, 6.45) is 1.41. The third-order valence-electron chi connectivity index (χ3n) is 1.20. The van der Waals surface area contributed by atoms with Gasteiger partial charge in [0.05, 0.1) is 0 Å². The number of hydrogen-bond acceptors (Lipinski definition) is 4. The molecular weight excluding hydrogens is 194 g/mol. The Bertz CT molecular complexity index is 365. The Morgan fingerprint density at radius 3 is 2.92 bits per heavy atom. The lowest BCUT2D eigenvalue weighted by Crippen LogP contribution is -2.07. The van der Waals surface area contributed by atoms with E-state index in [-0.39, 0.29) is 16.8 Å². The third kappa shape index (κ3) is 2.79. The Morgan fingerprint density at radius 2 is 2.38 bits per heavy atom. The van der Waals surface area contributed by atoms with Gasteiger partial charge in [-0.2, -0.15) is 4.98 Å². The second kappa shape index (κ2) is 3.95. The normalized spacial score (nSPS) is 11.4. The van der Waals surface area contributed by atoms with Crippen molar-refractivity contribution >= 4 is 29.1 Å². The second-order valence-electron chi connectivity index (χ2n) is 2.19. The first-order valence-corrected chi connectivity index (χ1v) is 3.74. The van der Waals surface area contributed by atoms with Crippen molar-refractivity contribution in [3.63, 3.8) is 0 Å². The van der Waals surface area contributed by atoms with Crippen LogP contribution >= 0.6 is 11.6 Å². The van der Waals surface area contributed by atoms with Gasteiger partial charge >= 0.3 is 5.97 Å². The minimum atomic E-state index is -1.09. The molecule has 0 aromatic carbocycles. The number of carbonyl (C=O) groups is 1. The van der Waals surface area contributed by atoms with Crippen molar-refractivity contribution in [2.75, 3.05) is 0 Å². The maximum atomic E-state index is 10.4. The van der Waals surface area contributed by atoms with Gasteiger partial charge in [-0.3, -0.25) is 0 Å². The highest BCUT2D eigenvalue weighted by molar-refractivity contribution is 6.35. The minimum Gasteiger partial charge on any atom is -0.477 e. The average Bonchev–Trinajstić information content (AvgIpc) is 2.04.